The quantitative estimate of drug-likeness (QED) is 0.446. The zero-order valence-corrected chi connectivity index (χ0v) is 8.04. The fourth-order valence-electron chi connectivity index (χ4n) is 0.844. The van der Waals surface area contributed by atoms with Gasteiger partial charge in [-0.1, -0.05) is 6.92 Å². The van der Waals surface area contributed by atoms with Gasteiger partial charge in [0.05, 0.1) is 19.1 Å². The molecule has 0 aliphatic heterocycles. The predicted molar refractivity (Wildman–Crippen MR) is 49.7 cm³/mol. The number of hydrogen-bond donors (Lipinski definition) is 0. The Morgan fingerprint density at radius 1 is 1.67 bits per heavy atom. The second-order valence-electron chi connectivity index (χ2n) is 2.67. The number of Topliss-reactive ketones (excluding diaryl/α,β-unsaturated/α-hetero) is 1. The molecule has 12 heavy (non-hydrogen) atoms. The number of hydrogen-bond acceptors (Lipinski definition) is 3. The largest absolute Gasteiger partial charge is 0.383 e. The number of ketones is 1. The van der Waals surface area contributed by atoms with Gasteiger partial charge in [-0.25, -0.2) is 0 Å². The molecule has 0 N–H and O–H groups in total. The average molecular weight is 171 g/mol. The first kappa shape index (κ1) is 11.3. The Bertz CT molecular complexity index is 155. The van der Waals surface area contributed by atoms with Gasteiger partial charge in [-0.15, -0.1) is 0 Å². The maximum atomic E-state index is 10.9. The molecule has 0 heterocycles. The standard InChI is InChI=1S/C9H17NO2/c1-4-9(8(2)11)7-10-5-6-12-3/h7,9H,4-6H2,1-3H3. The lowest BCUT2D eigenvalue weighted by molar-refractivity contribution is -0.118. The third kappa shape index (κ3) is 5.02. The van der Waals surface area contributed by atoms with E-state index in [9.17, 15) is 4.79 Å². The van der Waals surface area contributed by atoms with Crippen LogP contribution in [-0.2, 0) is 9.53 Å². The highest BCUT2D eigenvalue weighted by Gasteiger charge is 2.06. The molecule has 0 aromatic rings. The minimum atomic E-state index is -0.0122. The molecule has 0 saturated heterocycles. The Kier molecular flexibility index (Phi) is 6.57. The summed E-state index contributed by atoms with van der Waals surface area (Å²) in [6.07, 6.45) is 2.55. The molecule has 0 amide bonds. The second-order valence-corrected chi connectivity index (χ2v) is 2.67. The van der Waals surface area contributed by atoms with Crippen LogP contribution in [0.15, 0.2) is 4.99 Å². The van der Waals surface area contributed by atoms with Gasteiger partial charge in [-0.2, -0.15) is 0 Å². The first-order valence-electron chi connectivity index (χ1n) is 4.21. The van der Waals surface area contributed by atoms with Crippen molar-refractivity contribution in [2.45, 2.75) is 20.3 Å². The second kappa shape index (κ2) is 6.98. The maximum Gasteiger partial charge on any atom is 0.138 e. The predicted octanol–water partition coefficient (Wildman–Crippen LogP) is 1.32. The third-order valence-electron chi connectivity index (χ3n) is 1.67. The van der Waals surface area contributed by atoms with E-state index < -0.39 is 0 Å². The van der Waals surface area contributed by atoms with Crippen LogP contribution >= 0.6 is 0 Å². The Hall–Kier alpha value is -0.700. The van der Waals surface area contributed by atoms with Gasteiger partial charge in [0.1, 0.15) is 5.78 Å². The molecular weight excluding hydrogens is 154 g/mol. The van der Waals surface area contributed by atoms with Crippen molar-refractivity contribution in [2.75, 3.05) is 20.3 Å². The molecule has 0 saturated carbocycles. The van der Waals surface area contributed by atoms with Crippen molar-refractivity contribution in [3.05, 3.63) is 0 Å². The van der Waals surface area contributed by atoms with E-state index in [1.165, 1.54) is 0 Å². The Labute approximate surface area is 73.8 Å². The summed E-state index contributed by atoms with van der Waals surface area (Å²) < 4.78 is 4.82. The first-order chi connectivity index (χ1) is 5.72. The molecule has 0 aliphatic rings. The Morgan fingerprint density at radius 2 is 2.33 bits per heavy atom. The summed E-state index contributed by atoms with van der Waals surface area (Å²) in [5.74, 6) is 0.167. The molecule has 70 valence electrons. The number of rotatable bonds is 6. The number of methoxy groups -OCH3 is 1. The zero-order chi connectivity index (χ0) is 9.40. The van der Waals surface area contributed by atoms with Crippen LogP contribution in [0.2, 0.25) is 0 Å². The zero-order valence-electron chi connectivity index (χ0n) is 8.04. The first-order valence-corrected chi connectivity index (χ1v) is 4.21. The summed E-state index contributed by atoms with van der Waals surface area (Å²) >= 11 is 0. The molecular formula is C9H17NO2. The molecule has 3 heteroatoms. The molecule has 0 aromatic heterocycles. The van der Waals surface area contributed by atoms with Crippen LogP contribution in [0.5, 0.6) is 0 Å². The van der Waals surface area contributed by atoms with Gasteiger partial charge in [0.2, 0.25) is 0 Å². The molecule has 1 unspecified atom stereocenters. The van der Waals surface area contributed by atoms with E-state index in [0.717, 1.165) is 6.42 Å². The fraction of sp³-hybridized carbons (Fsp3) is 0.778. The van der Waals surface area contributed by atoms with Gasteiger partial charge < -0.3 is 4.74 Å². The van der Waals surface area contributed by atoms with Gasteiger partial charge in [-0.3, -0.25) is 9.79 Å². The van der Waals surface area contributed by atoms with Gasteiger partial charge in [0, 0.05) is 13.3 Å². The normalized spacial score (nSPS) is 13.6. The minimum absolute atomic E-state index is 0.0122. The summed E-state index contributed by atoms with van der Waals surface area (Å²) in [4.78, 5) is 15.0. The van der Waals surface area contributed by atoms with Crippen LogP contribution in [0.25, 0.3) is 0 Å². The SMILES string of the molecule is CCC(C=NCCOC)C(C)=O. The summed E-state index contributed by atoms with van der Waals surface area (Å²) in [7, 11) is 1.64. The van der Waals surface area contributed by atoms with Crippen LogP contribution in [0.1, 0.15) is 20.3 Å². The monoisotopic (exact) mass is 171 g/mol. The van der Waals surface area contributed by atoms with Crippen molar-refractivity contribution < 1.29 is 9.53 Å². The highest BCUT2D eigenvalue weighted by atomic mass is 16.5. The van der Waals surface area contributed by atoms with E-state index in [-0.39, 0.29) is 11.7 Å². The van der Waals surface area contributed by atoms with Gasteiger partial charge in [-0.05, 0) is 13.3 Å². The summed E-state index contributed by atoms with van der Waals surface area (Å²) in [6.45, 7) is 4.83. The van der Waals surface area contributed by atoms with Crippen molar-refractivity contribution >= 4 is 12.0 Å². The van der Waals surface area contributed by atoms with Crippen LogP contribution < -0.4 is 0 Å². The van der Waals surface area contributed by atoms with E-state index in [1.54, 1.807) is 20.2 Å². The number of nitrogens with zero attached hydrogens (tertiary/aromatic N) is 1. The number of aliphatic imine (C=N–C) groups is 1. The van der Waals surface area contributed by atoms with Crippen molar-refractivity contribution in [3.63, 3.8) is 0 Å². The number of ether oxygens (including phenoxy) is 1. The molecule has 0 bridgehead atoms. The van der Waals surface area contributed by atoms with E-state index in [1.807, 2.05) is 6.92 Å². The third-order valence-corrected chi connectivity index (χ3v) is 1.67. The molecule has 1 atom stereocenters. The van der Waals surface area contributed by atoms with Gasteiger partial charge >= 0.3 is 0 Å². The van der Waals surface area contributed by atoms with Crippen molar-refractivity contribution in [3.8, 4) is 0 Å². The molecule has 0 fully saturated rings. The van der Waals surface area contributed by atoms with E-state index in [4.69, 9.17) is 4.74 Å². The molecule has 0 radical (unpaired) electrons. The molecule has 3 nitrogen and oxygen atoms in total. The van der Waals surface area contributed by atoms with Crippen molar-refractivity contribution in [1.29, 1.82) is 0 Å². The summed E-state index contributed by atoms with van der Waals surface area (Å²) in [5, 5.41) is 0. The Morgan fingerprint density at radius 3 is 2.75 bits per heavy atom. The smallest absolute Gasteiger partial charge is 0.138 e. The maximum absolute atomic E-state index is 10.9. The van der Waals surface area contributed by atoms with E-state index in [2.05, 4.69) is 4.99 Å². The Balaban J connectivity index is 3.69. The summed E-state index contributed by atoms with van der Waals surface area (Å²) in [5.41, 5.74) is 0. The highest BCUT2D eigenvalue weighted by Crippen LogP contribution is 1.99. The molecule has 0 spiro atoms. The number of carbonyl (C=O) groups excluding carboxylic acids is 1. The highest BCUT2D eigenvalue weighted by molar-refractivity contribution is 5.93. The van der Waals surface area contributed by atoms with Crippen LogP contribution in [0.4, 0.5) is 0 Å². The topological polar surface area (TPSA) is 38.7 Å². The lowest BCUT2D eigenvalue weighted by atomic mass is 10.0. The molecule has 0 aliphatic carbocycles. The molecule has 0 rings (SSSR count). The lowest BCUT2D eigenvalue weighted by Gasteiger charge is -2.02. The molecule has 0 aromatic carbocycles. The van der Waals surface area contributed by atoms with Crippen LogP contribution in [-0.4, -0.2) is 32.3 Å². The van der Waals surface area contributed by atoms with Crippen molar-refractivity contribution in [2.24, 2.45) is 10.9 Å². The van der Waals surface area contributed by atoms with Crippen LogP contribution in [0, 0.1) is 5.92 Å². The minimum Gasteiger partial charge on any atom is -0.383 e. The van der Waals surface area contributed by atoms with E-state index in [0.29, 0.717) is 13.2 Å². The van der Waals surface area contributed by atoms with Gasteiger partial charge in [0.25, 0.3) is 0 Å². The fourth-order valence-corrected chi connectivity index (χ4v) is 0.844. The lowest BCUT2D eigenvalue weighted by Crippen LogP contribution is -2.11. The van der Waals surface area contributed by atoms with E-state index >= 15 is 0 Å². The van der Waals surface area contributed by atoms with Gasteiger partial charge in [0.15, 0.2) is 0 Å². The number of carbonyl (C=O) groups is 1. The average Bonchev–Trinajstić information content (AvgIpc) is 2.04. The van der Waals surface area contributed by atoms with Crippen LogP contribution in [0.3, 0.4) is 0 Å². The summed E-state index contributed by atoms with van der Waals surface area (Å²) in [6, 6.07) is 0. The van der Waals surface area contributed by atoms with Crippen molar-refractivity contribution in [1.82, 2.24) is 0 Å².